The van der Waals surface area contributed by atoms with Gasteiger partial charge in [-0.3, -0.25) is 4.79 Å². The van der Waals surface area contributed by atoms with Crippen LogP contribution in [0.15, 0.2) is 70.1 Å². The van der Waals surface area contributed by atoms with Crippen LogP contribution in [-0.2, 0) is 16.4 Å². The maximum absolute atomic E-state index is 13.0. The number of nitrogens with one attached hydrogen (secondary N) is 1. The van der Waals surface area contributed by atoms with Crippen LogP contribution in [-0.4, -0.2) is 48.4 Å². The lowest BCUT2D eigenvalue weighted by atomic mass is 10.2. The highest BCUT2D eigenvalue weighted by molar-refractivity contribution is 7.90. The van der Waals surface area contributed by atoms with Crippen LogP contribution in [0.4, 0.5) is 5.69 Å². The molecule has 1 aliphatic heterocycles. The number of amides is 1. The van der Waals surface area contributed by atoms with Gasteiger partial charge in [-0.25, -0.2) is 4.68 Å². The van der Waals surface area contributed by atoms with Crippen molar-refractivity contribution in [1.29, 1.82) is 0 Å². The lowest BCUT2D eigenvalue weighted by Gasteiger charge is -2.11. The molecule has 1 aliphatic rings. The molecule has 1 fully saturated rings. The first-order valence-electron chi connectivity index (χ1n) is 10.5. The lowest BCUT2D eigenvalue weighted by Crippen LogP contribution is -2.20. The fourth-order valence-electron chi connectivity index (χ4n) is 3.73. The van der Waals surface area contributed by atoms with Crippen molar-refractivity contribution < 1.29 is 13.2 Å². The first-order chi connectivity index (χ1) is 15.4. The highest BCUT2D eigenvalue weighted by Gasteiger charge is 2.21. The second-order valence-corrected chi connectivity index (χ2v) is 9.20. The number of carbonyl (C=O) groups excluding carboxylic acids is 1. The van der Waals surface area contributed by atoms with E-state index in [0.29, 0.717) is 29.9 Å². The van der Waals surface area contributed by atoms with Crippen molar-refractivity contribution in [2.24, 2.45) is 4.40 Å². The molecule has 0 bridgehead atoms. The van der Waals surface area contributed by atoms with E-state index in [4.69, 9.17) is 0 Å². The third-order valence-electron chi connectivity index (χ3n) is 5.40. The highest BCUT2D eigenvalue weighted by Crippen LogP contribution is 2.22. The Morgan fingerprint density at radius 3 is 2.62 bits per heavy atom. The second-order valence-electron chi connectivity index (χ2n) is 7.60. The van der Waals surface area contributed by atoms with Crippen LogP contribution in [0.5, 0.6) is 0 Å². The maximum Gasteiger partial charge on any atom is 0.284 e. The van der Waals surface area contributed by atoms with Gasteiger partial charge in [-0.05, 0) is 43.2 Å². The number of aromatic nitrogens is 2. The maximum atomic E-state index is 13.0. The van der Waals surface area contributed by atoms with Crippen LogP contribution >= 0.6 is 0 Å². The number of para-hydroxylation sites is 1. The van der Waals surface area contributed by atoms with Crippen molar-refractivity contribution in [3.63, 3.8) is 0 Å². The van der Waals surface area contributed by atoms with Crippen molar-refractivity contribution in [2.45, 2.75) is 31.1 Å². The zero-order valence-corrected chi connectivity index (χ0v) is 18.8. The van der Waals surface area contributed by atoms with E-state index in [9.17, 15) is 13.2 Å². The number of carbonyl (C=O) groups is 1. The SMILES string of the molecule is CCc1c(C(=O)Nc2cccc(S(=O)(=O)/N=C3/CCCN3C)c2)cnn1-c1ccccc1. The fourth-order valence-corrected chi connectivity index (χ4v) is 4.87. The Balaban J connectivity index is 1.58. The third kappa shape index (κ3) is 4.43. The summed E-state index contributed by atoms with van der Waals surface area (Å²) in [4.78, 5) is 14.9. The van der Waals surface area contributed by atoms with E-state index in [-0.39, 0.29) is 10.8 Å². The third-order valence-corrected chi connectivity index (χ3v) is 6.70. The summed E-state index contributed by atoms with van der Waals surface area (Å²) in [5.41, 5.74) is 2.46. The van der Waals surface area contributed by atoms with Crippen molar-refractivity contribution >= 4 is 27.5 Å². The molecule has 8 nitrogen and oxygen atoms in total. The monoisotopic (exact) mass is 451 g/mol. The Bertz CT molecular complexity index is 1270. The standard InChI is InChI=1S/C23H25N5O3S/c1-3-21-20(16-24-28(21)18-10-5-4-6-11-18)23(29)25-17-9-7-12-19(15-17)32(30,31)26-22-13-8-14-27(22)2/h4-7,9-12,15-16H,3,8,13-14H2,1-2H3,(H,25,29)/b26-22-. The Kier molecular flexibility index (Phi) is 6.09. The molecule has 1 N–H and O–H groups in total. The Labute approximate surface area is 187 Å². The molecule has 0 radical (unpaired) electrons. The number of nitrogens with zero attached hydrogens (tertiary/aromatic N) is 4. The first-order valence-corrected chi connectivity index (χ1v) is 11.9. The Morgan fingerprint density at radius 1 is 1.16 bits per heavy atom. The minimum atomic E-state index is -3.87. The molecule has 2 heterocycles. The molecule has 4 rings (SSSR count). The molecule has 1 saturated heterocycles. The van der Waals surface area contributed by atoms with Gasteiger partial charge in [-0.1, -0.05) is 31.2 Å². The van der Waals surface area contributed by atoms with Gasteiger partial charge in [0.15, 0.2) is 0 Å². The minimum absolute atomic E-state index is 0.0406. The predicted molar refractivity (Wildman–Crippen MR) is 124 cm³/mol. The normalized spacial score (nSPS) is 15.3. The number of hydrogen-bond acceptors (Lipinski definition) is 4. The zero-order chi connectivity index (χ0) is 22.7. The number of benzene rings is 2. The number of rotatable bonds is 6. The number of amidine groups is 1. The second kappa shape index (κ2) is 8.96. The molecule has 0 atom stereocenters. The quantitative estimate of drug-likeness (QED) is 0.619. The highest BCUT2D eigenvalue weighted by atomic mass is 32.2. The van der Waals surface area contributed by atoms with Gasteiger partial charge in [-0.15, -0.1) is 4.40 Å². The largest absolute Gasteiger partial charge is 0.362 e. The Hall–Kier alpha value is -3.46. The van der Waals surface area contributed by atoms with Crippen LogP contribution < -0.4 is 5.32 Å². The average Bonchev–Trinajstić information content (AvgIpc) is 3.40. The van der Waals surface area contributed by atoms with Gasteiger partial charge in [0.05, 0.1) is 28.0 Å². The molecule has 166 valence electrons. The lowest BCUT2D eigenvalue weighted by molar-refractivity contribution is 0.102. The molecule has 3 aromatic rings. The van der Waals surface area contributed by atoms with Gasteiger partial charge in [0.2, 0.25) is 0 Å². The summed E-state index contributed by atoms with van der Waals surface area (Å²) in [6.07, 6.45) is 3.66. The number of anilines is 1. The molecule has 0 unspecified atom stereocenters. The molecule has 32 heavy (non-hydrogen) atoms. The summed E-state index contributed by atoms with van der Waals surface area (Å²) in [7, 11) is -2.03. The van der Waals surface area contributed by atoms with Gasteiger partial charge in [0, 0.05) is 25.7 Å². The van der Waals surface area contributed by atoms with Gasteiger partial charge in [0.25, 0.3) is 15.9 Å². The fraction of sp³-hybridized carbons (Fsp3) is 0.261. The smallest absolute Gasteiger partial charge is 0.284 e. The first kappa shape index (κ1) is 21.8. The topological polar surface area (TPSA) is 96.7 Å². The Morgan fingerprint density at radius 2 is 1.94 bits per heavy atom. The van der Waals surface area contributed by atoms with E-state index >= 15 is 0 Å². The molecule has 0 spiro atoms. The van der Waals surface area contributed by atoms with Crippen LogP contribution in [0, 0.1) is 0 Å². The van der Waals surface area contributed by atoms with Crippen LogP contribution in [0.25, 0.3) is 5.69 Å². The average molecular weight is 452 g/mol. The van der Waals surface area contributed by atoms with Crippen molar-refractivity contribution in [2.75, 3.05) is 18.9 Å². The van der Waals surface area contributed by atoms with Crippen LogP contribution in [0.2, 0.25) is 0 Å². The summed E-state index contributed by atoms with van der Waals surface area (Å²) >= 11 is 0. The summed E-state index contributed by atoms with van der Waals surface area (Å²) in [5, 5.41) is 7.18. The van der Waals surface area contributed by atoms with E-state index < -0.39 is 10.0 Å². The number of hydrogen-bond donors (Lipinski definition) is 1. The van der Waals surface area contributed by atoms with Gasteiger partial charge in [-0.2, -0.15) is 13.5 Å². The molecular weight excluding hydrogens is 426 g/mol. The van der Waals surface area contributed by atoms with Crippen molar-refractivity contribution in [3.05, 3.63) is 72.1 Å². The van der Waals surface area contributed by atoms with Crippen molar-refractivity contribution in [1.82, 2.24) is 14.7 Å². The molecule has 9 heteroatoms. The van der Waals surface area contributed by atoms with Gasteiger partial charge < -0.3 is 10.2 Å². The molecule has 0 aliphatic carbocycles. The predicted octanol–water partition coefficient (Wildman–Crippen LogP) is 3.50. The summed E-state index contributed by atoms with van der Waals surface area (Å²) in [5.74, 6) is 0.209. The van der Waals surface area contributed by atoms with E-state index in [1.54, 1.807) is 16.8 Å². The number of sulfonamides is 1. The summed E-state index contributed by atoms with van der Waals surface area (Å²) in [6.45, 7) is 2.75. The molecular formula is C23H25N5O3S. The van der Waals surface area contributed by atoms with E-state index in [0.717, 1.165) is 24.3 Å². The molecule has 2 aromatic carbocycles. The van der Waals surface area contributed by atoms with E-state index in [1.807, 2.05) is 49.2 Å². The van der Waals surface area contributed by atoms with Crippen LogP contribution in [0.3, 0.4) is 0 Å². The molecule has 0 saturated carbocycles. The summed E-state index contributed by atoms with van der Waals surface area (Å²) in [6, 6.07) is 15.7. The number of likely N-dealkylation sites (tertiary alicyclic amines) is 1. The van der Waals surface area contributed by atoms with E-state index in [2.05, 4.69) is 14.8 Å². The van der Waals surface area contributed by atoms with E-state index in [1.165, 1.54) is 18.3 Å². The zero-order valence-electron chi connectivity index (χ0n) is 18.0. The molecule has 1 aromatic heterocycles. The minimum Gasteiger partial charge on any atom is -0.362 e. The van der Waals surface area contributed by atoms with Crippen LogP contribution in [0.1, 0.15) is 35.8 Å². The van der Waals surface area contributed by atoms with Gasteiger partial charge in [0.1, 0.15) is 5.84 Å². The summed E-state index contributed by atoms with van der Waals surface area (Å²) < 4.78 is 31.3. The van der Waals surface area contributed by atoms with Gasteiger partial charge >= 0.3 is 0 Å². The molecule has 1 amide bonds. The van der Waals surface area contributed by atoms with Crippen molar-refractivity contribution in [3.8, 4) is 5.69 Å².